The lowest BCUT2D eigenvalue weighted by atomic mass is 10.1. The Morgan fingerprint density at radius 3 is 2.36 bits per heavy atom. The van der Waals surface area contributed by atoms with Gasteiger partial charge in [-0.1, -0.05) is 16.8 Å². The Morgan fingerprint density at radius 1 is 0.964 bits per heavy atom. The second-order valence-corrected chi connectivity index (χ2v) is 7.95. The minimum Gasteiger partial charge on any atom is -0.342 e. The van der Waals surface area contributed by atoms with Crippen LogP contribution in [0.5, 0.6) is 0 Å². The Kier molecular flexibility index (Phi) is 6.24. The van der Waals surface area contributed by atoms with E-state index in [-0.39, 0.29) is 5.91 Å². The summed E-state index contributed by atoms with van der Waals surface area (Å²) < 4.78 is 5.41. The van der Waals surface area contributed by atoms with Gasteiger partial charge in [0, 0.05) is 49.9 Å². The number of carbonyl (C=O) groups is 1. The molecular formula is C20H26ClN5O2. The zero-order valence-electron chi connectivity index (χ0n) is 16.0. The van der Waals surface area contributed by atoms with Gasteiger partial charge in [0.2, 0.25) is 17.6 Å². The molecule has 0 spiro atoms. The summed E-state index contributed by atoms with van der Waals surface area (Å²) in [5.74, 6) is 1.47. The third-order valence-electron chi connectivity index (χ3n) is 5.46. The Hall–Kier alpha value is -1.96. The summed E-state index contributed by atoms with van der Waals surface area (Å²) >= 11 is 5.92. The van der Waals surface area contributed by atoms with E-state index < -0.39 is 0 Å². The normalized spacial score (nSPS) is 19.1. The smallest absolute Gasteiger partial charge is 0.241 e. The lowest BCUT2D eigenvalue weighted by molar-refractivity contribution is -0.133. The molecule has 0 unspecified atom stereocenters. The largest absolute Gasteiger partial charge is 0.342 e. The molecule has 7 nitrogen and oxygen atoms in total. The van der Waals surface area contributed by atoms with Gasteiger partial charge in [0.05, 0.1) is 13.1 Å². The maximum atomic E-state index is 12.4. The topological polar surface area (TPSA) is 65.7 Å². The number of aromatic nitrogens is 2. The standard InChI is InChI=1S/C20H26ClN5O2/c21-17-6-4-16(5-7-17)20-22-18(28-23-20)14-24-10-12-25(13-11-24)15-19(27)26-8-2-1-3-9-26/h4-7H,1-3,8-15H2. The third kappa shape index (κ3) is 4.90. The van der Waals surface area contributed by atoms with Gasteiger partial charge >= 0.3 is 0 Å². The highest BCUT2D eigenvalue weighted by Crippen LogP contribution is 2.19. The van der Waals surface area contributed by atoms with Crippen molar-refractivity contribution in [3.63, 3.8) is 0 Å². The summed E-state index contributed by atoms with van der Waals surface area (Å²) in [4.78, 5) is 23.5. The van der Waals surface area contributed by atoms with Crippen molar-refractivity contribution in [2.24, 2.45) is 0 Å². The lowest BCUT2D eigenvalue weighted by Crippen LogP contribution is -2.50. The summed E-state index contributed by atoms with van der Waals surface area (Å²) in [6.45, 7) is 6.58. The Labute approximate surface area is 170 Å². The minimum absolute atomic E-state index is 0.276. The van der Waals surface area contributed by atoms with E-state index in [1.165, 1.54) is 6.42 Å². The second-order valence-electron chi connectivity index (χ2n) is 7.51. The van der Waals surface area contributed by atoms with Crippen LogP contribution >= 0.6 is 11.6 Å². The maximum Gasteiger partial charge on any atom is 0.241 e. The Morgan fingerprint density at radius 2 is 1.64 bits per heavy atom. The number of likely N-dealkylation sites (tertiary alicyclic amines) is 1. The number of rotatable bonds is 5. The van der Waals surface area contributed by atoms with Crippen molar-refractivity contribution in [3.8, 4) is 11.4 Å². The molecule has 0 saturated carbocycles. The molecule has 2 saturated heterocycles. The monoisotopic (exact) mass is 403 g/mol. The van der Waals surface area contributed by atoms with Gasteiger partial charge in [-0.3, -0.25) is 14.6 Å². The van der Waals surface area contributed by atoms with Crippen LogP contribution in [-0.4, -0.2) is 76.6 Å². The number of hydrogen-bond acceptors (Lipinski definition) is 6. The van der Waals surface area contributed by atoms with Crippen molar-refractivity contribution in [2.45, 2.75) is 25.8 Å². The van der Waals surface area contributed by atoms with E-state index >= 15 is 0 Å². The summed E-state index contributed by atoms with van der Waals surface area (Å²) in [7, 11) is 0. The van der Waals surface area contributed by atoms with Gasteiger partial charge in [-0.15, -0.1) is 0 Å². The molecule has 8 heteroatoms. The van der Waals surface area contributed by atoms with E-state index in [1.54, 1.807) is 0 Å². The molecule has 2 aliphatic rings. The molecule has 1 amide bonds. The average molecular weight is 404 g/mol. The van der Waals surface area contributed by atoms with Crippen molar-refractivity contribution < 1.29 is 9.32 Å². The zero-order chi connectivity index (χ0) is 19.3. The van der Waals surface area contributed by atoms with Gasteiger partial charge in [0.1, 0.15) is 0 Å². The van der Waals surface area contributed by atoms with E-state index in [1.807, 2.05) is 29.2 Å². The summed E-state index contributed by atoms with van der Waals surface area (Å²) in [6, 6.07) is 7.40. The van der Waals surface area contributed by atoms with Crippen molar-refractivity contribution in [2.75, 3.05) is 45.8 Å². The van der Waals surface area contributed by atoms with Crippen molar-refractivity contribution >= 4 is 17.5 Å². The van der Waals surface area contributed by atoms with Crippen LogP contribution in [0.4, 0.5) is 0 Å². The first kappa shape index (κ1) is 19.4. The maximum absolute atomic E-state index is 12.4. The van der Waals surface area contributed by atoms with E-state index in [0.717, 1.165) is 57.7 Å². The van der Waals surface area contributed by atoms with Crippen molar-refractivity contribution in [3.05, 3.63) is 35.2 Å². The number of piperidine rings is 1. The molecule has 150 valence electrons. The SMILES string of the molecule is O=C(CN1CCN(Cc2nc(-c3ccc(Cl)cc3)no2)CC1)N1CCCCC1. The highest BCUT2D eigenvalue weighted by molar-refractivity contribution is 6.30. The Balaban J connectivity index is 1.24. The van der Waals surface area contributed by atoms with Gasteiger partial charge in [-0.05, 0) is 43.5 Å². The highest BCUT2D eigenvalue weighted by Gasteiger charge is 2.23. The molecule has 0 bridgehead atoms. The first-order chi connectivity index (χ1) is 13.7. The molecule has 2 fully saturated rings. The number of piperazine rings is 1. The Bertz CT molecular complexity index is 780. The first-order valence-corrected chi connectivity index (χ1v) is 10.4. The van der Waals surface area contributed by atoms with E-state index in [4.69, 9.17) is 16.1 Å². The molecule has 2 aliphatic heterocycles. The van der Waals surface area contributed by atoms with E-state index in [9.17, 15) is 4.79 Å². The number of nitrogens with zero attached hydrogens (tertiary/aromatic N) is 5. The predicted octanol–water partition coefficient (Wildman–Crippen LogP) is 2.52. The predicted molar refractivity (Wildman–Crippen MR) is 107 cm³/mol. The fourth-order valence-electron chi connectivity index (χ4n) is 3.77. The van der Waals surface area contributed by atoms with Gasteiger partial charge in [0.25, 0.3) is 0 Å². The molecule has 0 N–H and O–H groups in total. The van der Waals surface area contributed by atoms with Crippen LogP contribution in [-0.2, 0) is 11.3 Å². The minimum atomic E-state index is 0.276. The first-order valence-electron chi connectivity index (χ1n) is 9.98. The number of amides is 1. The van der Waals surface area contributed by atoms with Crippen molar-refractivity contribution in [1.82, 2.24) is 24.8 Å². The van der Waals surface area contributed by atoms with E-state index in [0.29, 0.717) is 29.8 Å². The van der Waals surface area contributed by atoms with Gasteiger partial charge < -0.3 is 9.42 Å². The summed E-state index contributed by atoms with van der Waals surface area (Å²) in [5.41, 5.74) is 0.889. The number of hydrogen-bond donors (Lipinski definition) is 0. The molecule has 0 aliphatic carbocycles. The molecule has 2 aromatic rings. The van der Waals surface area contributed by atoms with Gasteiger partial charge in [-0.25, -0.2) is 0 Å². The quantitative estimate of drug-likeness (QED) is 0.764. The van der Waals surface area contributed by atoms with Crippen LogP contribution in [0.2, 0.25) is 5.02 Å². The molecule has 0 radical (unpaired) electrons. The fraction of sp³-hybridized carbons (Fsp3) is 0.550. The lowest BCUT2D eigenvalue weighted by Gasteiger charge is -2.35. The molecule has 4 rings (SSSR count). The summed E-state index contributed by atoms with van der Waals surface area (Å²) in [5, 5.41) is 4.76. The summed E-state index contributed by atoms with van der Waals surface area (Å²) in [6.07, 6.45) is 3.53. The molecule has 0 atom stereocenters. The van der Waals surface area contributed by atoms with Crippen LogP contribution in [0.15, 0.2) is 28.8 Å². The van der Waals surface area contributed by atoms with Crippen LogP contribution < -0.4 is 0 Å². The van der Waals surface area contributed by atoms with Gasteiger partial charge in [-0.2, -0.15) is 4.98 Å². The number of carbonyl (C=O) groups excluding carboxylic acids is 1. The molecule has 1 aromatic heterocycles. The van der Waals surface area contributed by atoms with Crippen LogP contribution in [0.1, 0.15) is 25.2 Å². The zero-order valence-corrected chi connectivity index (χ0v) is 16.8. The fourth-order valence-corrected chi connectivity index (χ4v) is 3.89. The molecule has 28 heavy (non-hydrogen) atoms. The highest BCUT2D eigenvalue weighted by atomic mass is 35.5. The molecule has 3 heterocycles. The number of halogens is 1. The third-order valence-corrected chi connectivity index (χ3v) is 5.71. The van der Waals surface area contributed by atoms with Crippen LogP contribution in [0.3, 0.4) is 0 Å². The average Bonchev–Trinajstić information content (AvgIpc) is 3.19. The molecule has 1 aromatic carbocycles. The van der Waals surface area contributed by atoms with Gasteiger partial charge in [0.15, 0.2) is 0 Å². The number of benzene rings is 1. The van der Waals surface area contributed by atoms with Crippen LogP contribution in [0.25, 0.3) is 11.4 Å². The molecular weight excluding hydrogens is 378 g/mol. The van der Waals surface area contributed by atoms with E-state index in [2.05, 4.69) is 19.9 Å². The van der Waals surface area contributed by atoms with Crippen molar-refractivity contribution in [1.29, 1.82) is 0 Å². The second kappa shape index (κ2) is 9.03. The van der Waals surface area contributed by atoms with Crippen LogP contribution in [0, 0.1) is 0 Å².